The van der Waals surface area contributed by atoms with Crippen LogP contribution in [0.3, 0.4) is 0 Å². The average Bonchev–Trinajstić information content (AvgIpc) is 2.95. The SMILES string of the molecule is CC(C)(C)OC(=O)N1C[C@H]2CC(c3ccncc3)C[C@H]2C1. The second kappa shape index (κ2) is 5.32. The van der Waals surface area contributed by atoms with Gasteiger partial charge in [0.1, 0.15) is 5.60 Å². The van der Waals surface area contributed by atoms with Crippen molar-refractivity contribution >= 4 is 6.09 Å². The van der Waals surface area contributed by atoms with Crippen LogP contribution in [0, 0.1) is 11.8 Å². The molecule has 2 fully saturated rings. The molecule has 114 valence electrons. The van der Waals surface area contributed by atoms with Crippen LogP contribution in [0.4, 0.5) is 4.79 Å². The number of likely N-dealkylation sites (tertiary alicyclic amines) is 1. The molecule has 1 saturated heterocycles. The van der Waals surface area contributed by atoms with Crippen molar-refractivity contribution in [2.75, 3.05) is 13.1 Å². The van der Waals surface area contributed by atoms with Gasteiger partial charge in [-0.05, 0) is 69.1 Å². The second-order valence-electron chi connectivity index (χ2n) is 7.35. The first-order valence-corrected chi connectivity index (χ1v) is 7.80. The minimum absolute atomic E-state index is 0.155. The Hall–Kier alpha value is -1.58. The van der Waals surface area contributed by atoms with E-state index >= 15 is 0 Å². The summed E-state index contributed by atoms with van der Waals surface area (Å²) in [6, 6.07) is 4.24. The number of carbonyl (C=O) groups is 1. The summed E-state index contributed by atoms with van der Waals surface area (Å²) in [6.07, 6.45) is 5.94. The van der Waals surface area contributed by atoms with Crippen LogP contribution in [0.1, 0.15) is 45.1 Å². The molecule has 4 nitrogen and oxygen atoms in total. The first kappa shape index (κ1) is 14.4. The lowest BCUT2D eigenvalue weighted by Crippen LogP contribution is -2.36. The fraction of sp³-hybridized carbons (Fsp3) is 0.647. The molecule has 0 radical (unpaired) electrons. The molecule has 1 amide bonds. The first-order chi connectivity index (χ1) is 9.92. The van der Waals surface area contributed by atoms with Gasteiger partial charge < -0.3 is 9.64 Å². The zero-order valence-corrected chi connectivity index (χ0v) is 13.1. The average molecular weight is 288 g/mol. The number of hydrogen-bond donors (Lipinski definition) is 0. The van der Waals surface area contributed by atoms with Gasteiger partial charge in [-0.15, -0.1) is 0 Å². The van der Waals surface area contributed by atoms with Gasteiger partial charge in [-0.3, -0.25) is 4.98 Å². The van der Waals surface area contributed by atoms with Gasteiger partial charge in [-0.1, -0.05) is 0 Å². The van der Waals surface area contributed by atoms with Crippen LogP contribution in [0.25, 0.3) is 0 Å². The molecule has 3 rings (SSSR count). The quantitative estimate of drug-likeness (QED) is 0.795. The molecule has 0 spiro atoms. The predicted molar refractivity (Wildman–Crippen MR) is 81.0 cm³/mol. The van der Waals surface area contributed by atoms with E-state index in [0.717, 1.165) is 13.1 Å². The Morgan fingerprint density at radius 3 is 2.29 bits per heavy atom. The molecule has 1 aromatic rings. The second-order valence-corrected chi connectivity index (χ2v) is 7.35. The predicted octanol–water partition coefficient (Wildman–Crippen LogP) is 3.44. The molecule has 0 aromatic carbocycles. The summed E-state index contributed by atoms with van der Waals surface area (Å²) >= 11 is 0. The Kier molecular flexibility index (Phi) is 3.64. The number of pyridine rings is 1. The fourth-order valence-corrected chi connectivity index (χ4v) is 3.68. The maximum Gasteiger partial charge on any atom is 0.410 e. The summed E-state index contributed by atoms with van der Waals surface area (Å²) in [4.78, 5) is 18.1. The van der Waals surface area contributed by atoms with E-state index in [1.165, 1.54) is 18.4 Å². The number of amides is 1. The van der Waals surface area contributed by atoms with Crippen LogP contribution in [0.2, 0.25) is 0 Å². The largest absolute Gasteiger partial charge is 0.444 e. The lowest BCUT2D eigenvalue weighted by atomic mass is 9.97. The van der Waals surface area contributed by atoms with Crippen molar-refractivity contribution in [3.8, 4) is 0 Å². The van der Waals surface area contributed by atoms with Crippen molar-refractivity contribution in [1.29, 1.82) is 0 Å². The highest BCUT2D eigenvalue weighted by molar-refractivity contribution is 5.68. The number of rotatable bonds is 1. The van der Waals surface area contributed by atoms with E-state index in [9.17, 15) is 4.79 Å². The summed E-state index contributed by atoms with van der Waals surface area (Å²) in [5.74, 6) is 1.87. The van der Waals surface area contributed by atoms with Crippen LogP contribution in [0.5, 0.6) is 0 Å². The molecule has 1 aromatic heterocycles. The third-order valence-corrected chi connectivity index (χ3v) is 4.58. The standard InChI is InChI=1S/C17H24N2O2/c1-17(2,3)21-16(20)19-10-14-8-13(9-15(14)11-19)12-4-6-18-7-5-12/h4-7,13-15H,8-11H2,1-3H3/t13?,14-,15+. The van der Waals surface area contributed by atoms with E-state index in [4.69, 9.17) is 4.74 Å². The van der Waals surface area contributed by atoms with Crippen molar-refractivity contribution in [1.82, 2.24) is 9.88 Å². The summed E-state index contributed by atoms with van der Waals surface area (Å²) in [5.41, 5.74) is 0.983. The zero-order valence-electron chi connectivity index (χ0n) is 13.1. The van der Waals surface area contributed by atoms with E-state index in [2.05, 4.69) is 17.1 Å². The van der Waals surface area contributed by atoms with Gasteiger partial charge in [0, 0.05) is 25.5 Å². The molecule has 1 aliphatic heterocycles. The lowest BCUT2D eigenvalue weighted by molar-refractivity contribution is 0.0279. The zero-order chi connectivity index (χ0) is 15.0. The van der Waals surface area contributed by atoms with Gasteiger partial charge in [-0.25, -0.2) is 4.79 Å². The third-order valence-electron chi connectivity index (χ3n) is 4.58. The number of hydrogen-bond acceptors (Lipinski definition) is 3. The highest BCUT2D eigenvalue weighted by atomic mass is 16.6. The van der Waals surface area contributed by atoms with Gasteiger partial charge in [0.2, 0.25) is 0 Å². The molecule has 0 N–H and O–H groups in total. The Morgan fingerprint density at radius 1 is 1.19 bits per heavy atom. The van der Waals surface area contributed by atoms with Crippen molar-refractivity contribution in [2.45, 2.75) is 45.1 Å². The smallest absolute Gasteiger partial charge is 0.410 e. The van der Waals surface area contributed by atoms with Crippen molar-refractivity contribution in [3.05, 3.63) is 30.1 Å². The molecular formula is C17H24N2O2. The van der Waals surface area contributed by atoms with E-state index in [0.29, 0.717) is 17.8 Å². The van der Waals surface area contributed by atoms with Crippen molar-refractivity contribution in [3.63, 3.8) is 0 Å². The number of nitrogens with zero attached hydrogens (tertiary/aromatic N) is 2. The minimum atomic E-state index is -0.408. The van der Waals surface area contributed by atoms with Crippen LogP contribution < -0.4 is 0 Å². The Balaban J connectivity index is 1.58. The maximum absolute atomic E-state index is 12.1. The summed E-state index contributed by atoms with van der Waals surface area (Å²) < 4.78 is 5.48. The topological polar surface area (TPSA) is 42.4 Å². The minimum Gasteiger partial charge on any atom is -0.444 e. The first-order valence-electron chi connectivity index (χ1n) is 7.80. The highest BCUT2D eigenvalue weighted by Crippen LogP contribution is 2.46. The number of aromatic nitrogens is 1. The number of carbonyl (C=O) groups excluding carboxylic acids is 1. The summed E-state index contributed by atoms with van der Waals surface area (Å²) in [5, 5.41) is 0. The molecule has 0 bridgehead atoms. The van der Waals surface area contributed by atoms with E-state index < -0.39 is 5.60 Å². The number of fused-ring (bicyclic) bond motifs is 1. The number of ether oxygens (including phenoxy) is 1. The maximum atomic E-state index is 12.1. The molecule has 4 heteroatoms. The normalized spacial score (nSPS) is 28.5. The van der Waals surface area contributed by atoms with Crippen LogP contribution >= 0.6 is 0 Å². The van der Waals surface area contributed by atoms with Gasteiger partial charge in [-0.2, -0.15) is 0 Å². The lowest BCUT2D eigenvalue weighted by Gasteiger charge is -2.25. The van der Waals surface area contributed by atoms with Gasteiger partial charge in [0.25, 0.3) is 0 Å². The monoisotopic (exact) mass is 288 g/mol. The van der Waals surface area contributed by atoms with Gasteiger partial charge >= 0.3 is 6.09 Å². The van der Waals surface area contributed by atoms with Gasteiger partial charge in [0.05, 0.1) is 0 Å². The molecule has 2 heterocycles. The van der Waals surface area contributed by atoms with Crippen LogP contribution in [0.15, 0.2) is 24.5 Å². The molecular weight excluding hydrogens is 264 g/mol. The van der Waals surface area contributed by atoms with Crippen LogP contribution in [-0.4, -0.2) is 34.7 Å². The Morgan fingerprint density at radius 2 is 1.76 bits per heavy atom. The molecule has 21 heavy (non-hydrogen) atoms. The van der Waals surface area contributed by atoms with E-state index in [1.54, 1.807) is 0 Å². The highest BCUT2D eigenvalue weighted by Gasteiger charge is 2.43. The Labute approximate surface area is 126 Å². The van der Waals surface area contributed by atoms with Crippen LogP contribution in [-0.2, 0) is 4.74 Å². The molecule has 1 aliphatic carbocycles. The summed E-state index contributed by atoms with van der Waals surface area (Å²) in [7, 11) is 0. The molecule has 1 unspecified atom stereocenters. The summed E-state index contributed by atoms with van der Waals surface area (Å²) in [6.45, 7) is 7.45. The molecule has 2 aliphatic rings. The van der Waals surface area contributed by atoms with Gasteiger partial charge in [0.15, 0.2) is 0 Å². The molecule has 3 atom stereocenters. The fourth-order valence-electron chi connectivity index (χ4n) is 3.68. The Bertz CT molecular complexity index is 495. The molecule has 1 saturated carbocycles. The third kappa shape index (κ3) is 3.20. The van der Waals surface area contributed by atoms with Crippen molar-refractivity contribution in [2.24, 2.45) is 11.8 Å². The van der Waals surface area contributed by atoms with Crippen molar-refractivity contribution < 1.29 is 9.53 Å². The van der Waals surface area contributed by atoms with E-state index in [-0.39, 0.29) is 6.09 Å². The van der Waals surface area contributed by atoms with E-state index in [1.807, 2.05) is 38.1 Å².